The first-order valence-electron chi connectivity index (χ1n) is 5.71. The van der Waals surface area contributed by atoms with Gasteiger partial charge in [-0.1, -0.05) is 0 Å². The van der Waals surface area contributed by atoms with Gasteiger partial charge in [0.05, 0.1) is 12.6 Å². The molecule has 1 aliphatic rings. The summed E-state index contributed by atoms with van der Waals surface area (Å²) in [5, 5.41) is 10.4. The molecule has 18 heavy (non-hydrogen) atoms. The summed E-state index contributed by atoms with van der Waals surface area (Å²) in [4.78, 5) is 11.7. The van der Waals surface area contributed by atoms with Crippen molar-refractivity contribution in [1.29, 1.82) is 0 Å². The standard InChI is InChI=1S/C11H18N4O.2ClH/c1-15-8-9(6-13-15)5-11(16)14-10-3-2-4-12-7-10;;/h6,8,10,12H,2-5,7H2,1H3,(H,14,16);2*1H/t10-;;/m0../s1. The third-order valence-corrected chi connectivity index (χ3v) is 2.79. The molecule has 1 fully saturated rings. The summed E-state index contributed by atoms with van der Waals surface area (Å²) in [6, 6.07) is 0.290. The summed E-state index contributed by atoms with van der Waals surface area (Å²) < 4.78 is 1.71. The zero-order valence-electron chi connectivity index (χ0n) is 10.4. The summed E-state index contributed by atoms with van der Waals surface area (Å²) in [7, 11) is 1.85. The predicted molar refractivity (Wildman–Crippen MR) is 75.4 cm³/mol. The normalized spacial score (nSPS) is 18.4. The van der Waals surface area contributed by atoms with Gasteiger partial charge in [0.25, 0.3) is 0 Å². The first-order valence-corrected chi connectivity index (χ1v) is 5.71. The minimum atomic E-state index is 0. The van der Waals surface area contributed by atoms with Gasteiger partial charge >= 0.3 is 0 Å². The molecule has 0 aliphatic carbocycles. The fourth-order valence-corrected chi connectivity index (χ4v) is 2.00. The van der Waals surface area contributed by atoms with Crippen LogP contribution in [0.3, 0.4) is 0 Å². The Morgan fingerprint density at radius 3 is 2.94 bits per heavy atom. The number of hydrogen-bond donors (Lipinski definition) is 2. The predicted octanol–water partition coefficient (Wildman–Crippen LogP) is 0.674. The van der Waals surface area contributed by atoms with E-state index in [0.29, 0.717) is 6.42 Å². The molecule has 0 unspecified atom stereocenters. The van der Waals surface area contributed by atoms with Crippen LogP contribution in [-0.2, 0) is 18.3 Å². The molecule has 1 aliphatic heterocycles. The van der Waals surface area contributed by atoms with E-state index in [4.69, 9.17) is 0 Å². The maximum absolute atomic E-state index is 11.7. The van der Waals surface area contributed by atoms with Crippen molar-refractivity contribution in [2.24, 2.45) is 7.05 Å². The van der Waals surface area contributed by atoms with Gasteiger partial charge in [0.1, 0.15) is 0 Å². The second kappa shape index (κ2) is 8.34. The van der Waals surface area contributed by atoms with Crippen molar-refractivity contribution >= 4 is 30.7 Å². The Morgan fingerprint density at radius 1 is 1.61 bits per heavy atom. The average molecular weight is 295 g/mol. The molecule has 1 aromatic heterocycles. The summed E-state index contributed by atoms with van der Waals surface area (Å²) in [5.41, 5.74) is 0.962. The number of amides is 1. The van der Waals surface area contributed by atoms with E-state index < -0.39 is 0 Å². The van der Waals surface area contributed by atoms with Gasteiger partial charge in [-0.25, -0.2) is 0 Å². The number of piperidine rings is 1. The van der Waals surface area contributed by atoms with Crippen molar-refractivity contribution in [1.82, 2.24) is 20.4 Å². The van der Waals surface area contributed by atoms with Crippen molar-refractivity contribution in [3.05, 3.63) is 18.0 Å². The van der Waals surface area contributed by atoms with Gasteiger partial charge in [-0.3, -0.25) is 9.48 Å². The number of nitrogens with zero attached hydrogens (tertiary/aromatic N) is 2. The first kappa shape index (κ1) is 17.2. The van der Waals surface area contributed by atoms with E-state index in [1.807, 2.05) is 13.2 Å². The van der Waals surface area contributed by atoms with E-state index in [2.05, 4.69) is 15.7 Å². The second-order valence-electron chi connectivity index (χ2n) is 4.31. The molecule has 1 saturated heterocycles. The molecule has 0 bridgehead atoms. The van der Waals surface area contributed by atoms with Crippen molar-refractivity contribution in [3.63, 3.8) is 0 Å². The van der Waals surface area contributed by atoms with Crippen LogP contribution in [0.15, 0.2) is 12.4 Å². The number of rotatable bonds is 3. The summed E-state index contributed by atoms with van der Waals surface area (Å²) in [5.74, 6) is 0.0849. The molecule has 2 rings (SSSR count). The number of carbonyl (C=O) groups is 1. The van der Waals surface area contributed by atoms with Gasteiger partial charge in [0.15, 0.2) is 0 Å². The number of carbonyl (C=O) groups excluding carboxylic acids is 1. The Kier molecular flexibility index (Phi) is 7.98. The van der Waals surface area contributed by atoms with Gasteiger partial charge in [-0.15, -0.1) is 24.8 Å². The van der Waals surface area contributed by atoms with Crippen molar-refractivity contribution in [2.45, 2.75) is 25.3 Å². The molecule has 1 amide bonds. The molecule has 7 heteroatoms. The van der Waals surface area contributed by atoms with Gasteiger partial charge < -0.3 is 10.6 Å². The van der Waals surface area contributed by atoms with Crippen LogP contribution in [-0.4, -0.2) is 34.8 Å². The molecule has 104 valence electrons. The Bertz CT molecular complexity index is 364. The highest BCUT2D eigenvalue weighted by Crippen LogP contribution is 2.03. The topological polar surface area (TPSA) is 59.0 Å². The lowest BCUT2D eigenvalue weighted by Crippen LogP contribution is -2.46. The zero-order chi connectivity index (χ0) is 11.4. The fraction of sp³-hybridized carbons (Fsp3) is 0.636. The van der Waals surface area contributed by atoms with Gasteiger partial charge in [-0.2, -0.15) is 5.10 Å². The van der Waals surface area contributed by atoms with Crippen molar-refractivity contribution in [3.8, 4) is 0 Å². The van der Waals surface area contributed by atoms with Gasteiger partial charge in [-0.05, 0) is 24.9 Å². The van der Waals surface area contributed by atoms with E-state index in [1.54, 1.807) is 10.9 Å². The van der Waals surface area contributed by atoms with Crippen LogP contribution in [0.1, 0.15) is 18.4 Å². The summed E-state index contributed by atoms with van der Waals surface area (Å²) in [6.07, 6.45) is 6.24. The van der Waals surface area contributed by atoms with Gasteiger partial charge in [0.2, 0.25) is 5.91 Å². The molecule has 2 N–H and O–H groups in total. The minimum Gasteiger partial charge on any atom is -0.352 e. The highest BCUT2D eigenvalue weighted by molar-refractivity contribution is 5.85. The highest BCUT2D eigenvalue weighted by Gasteiger charge is 2.15. The lowest BCUT2D eigenvalue weighted by Gasteiger charge is -2.23. The van der Waals surface area contributed by atoms with Crippen LogP contribution in [0.2, 0.25) is 0 Å². The lowest BCUT2D eigenvalue weighted by atomic mass is 10.1. The minimum absolute atomic E-state index is 0. The van der Waals surface area contributed by atoms with Crippen LogP contribution >= 0.6 is 24.8 Å². The maximum atomic E-state index is 11.7. The molecule has 2 heterocycles. The Labute approximate surface area is 120 Å². The van der Waals surface area contributed by atoms with Crippen molar-refractivity contribution < 1.29 is 4.79 Å². The maximum Gasteiger partial charge on any atom is 0.224 e. The smallest absolute Gasteiger partial charge is 0.224 e. The molecule has 1 atom stereocenters. The lowest BCUT2D eigenvalue weighted by molar-refractivity contribution is -0.121. The Balaban J connectivity index is 0.00000144. The van der Waals surface area contributed by atoms with E-state index in [9.17, 15) is 4.79 Å². The summed E-state index contributed by atoms with van der Waals surface area (Å²) >= 11 is 0. The largest absolute Gasteiger partial charge is 0.352 e. The quantitative estimate of drug-likeness (QED) is 0.862. The van der Waals surface area contributed by atoms with Crippen molar-refractivity contribution in [2.75, 3.05) is 13.1 Å². The van der Waals surface area contributed by atoms with E-state index in [1.165, 1.54) is 0 Å². The molecule has 0 spiro atoms. The molecule has 5 nitrogen and oxygen atoms in total. The molecule has 1 aromatic rings. The molecule has 0 saturated carbocycles. The number of nitrogens with one attached hydrogen (secondary N) is 2. The Hall–Kier alpha value is -0.780. The van der Waals surface area contributed by atoms with Crippen LogP contribution in [0.5, 0.6) is 0 Å². The average Bonchev–Trinajstić information content (AvgIpc) is 2.65. The van der Waals surface area contributed by atoms with E-state index in [0.717, 1.165) is 31.5 Å². The molecular formula is C11H20Cl2N4O. The highest BCUT2D eigenvalue weighted by atomic mass is 35.5. The molecule has 0 aromatic carbocycles. The monoisotopic (exact) mass is 294 g/mol. The van der Waals surface area contributed by atoms with Crippen LogP contribution in [0.25, 0.3) is 0 Å². The molecular weight excluding hydrogens is 275 g/mol. The third kappa shape index (κ3) is 5.25. The number of aromatic nitrogens is 2. The summed E-state index contributed by atoms with van der Waals surface area (Å²) in [6.45, 7) is 1.95. The van der Waals surface area contributed by atoms with Gasteiger partial charge in [0, 0.05) is 25.8 Å². The molecule has 0 radical (unpaired) electrons. The van der Waals surface area contributed by atoms with E-state index in [-0.39, 0.29) is 36.8 Å². The van der Waals surface area contributed by atoms with Crippen LogP contribution in [0.4, 0.5) is 0 Å². The number of halogens is 2. The first-order chi connectivity index (χ1) is 7.74. The number of hydrogen-bond acceptors (Lipinski definition) is 3. The van der Waals surface area contributed by atoms with Crippen LogP contribution < -0.4 is 10.6 Å². The van der Waals surface area contributed by atoms with Crippen LogP contribution in [0, 0.1) is 0 Å². The Morgan fingerprint density at radius 2 is 2.39 bits per heavy atom. The third-order valence-electron chi connectivity index (χ3n) is 2.79. The fourth-order valence-electron chi connectivity index (χ4n) is 2.00. The second-order valence-corrected chi connectivity index (χ2v) is 4.31. The number of aryl methyl sites for hydroxylation is 1. The van der Waals surface area contributed by atoms with E-state index >= 15 is 0 Å². The zero-order valence-corrected chi connectivity index (χ0v) is 12.0. The SMILES string of the molecule is Cl.Cl.Cn1cc(CC(=O)N[C@H]2CCCNC2)cn1.